The van der Waals surface area contributed by atoms with Gasteiger partial charge in [0.25, 0.3) is 5.91 Å². The maximum absolute atomic E-state index is 14.0. The molecule has 8 heteroatoms. The summed E-state index contributed by atoms with van der Waals surface area (Å²) in [5, 5.41) is 2.44. The van der Waals surface area contributed by atoms with Crippen LogP contribution < -0.4 is 10.1 Å². The summed E-state index contributed by atoms with van der Waals surface area (Å²) in [5.74, 6) is -1.34. The van der Waals surface area contributed by atoms with Gasteiger partial charge in [-0.25, -0.2) is 14.2 Å². The number of hydrogen-bond donors (Lipinski definition) is 1. The standard InChI is InChI=1S/C17H14FN3O4/c1-24-11-4-6-15-19-8-14(21(15)9-11)16(22)20-13-7-10(17(23)25-2)3-5-12(13)18/h3-9H,1-2H3,(H,20,22). The molecule has 1 amide bonds. The van der Waals surface area contributed by atoms with Gasteiger partial charge >= 0.3 is 5.97 Å². The third-order valence-electron chi connectivity index (χ3n) is 3.58. The van der Waals surface area contributed by atoms with Crippen LogP contribution in [0.4, 0.5) is 10.1 Å². The molecule has 25 heavy (non-hydrogen) atoms. The largest absolute Gasteiger partial charge is 0.495 e. The number of benzene rings is 1. The summed E-state index contributed by atoms with van der Waals surface area (Å²) >= 11 is 0. The van der Waals surface area contributed by atoms with Crippen molar-refractivity contribution in [2.24, 2.45) is 0 Å². The molecule has 2 heterocycles. The fourth-order valence-corrected chi connectivity index (χ4v) is 2.30. The fraction of sp³-hybridized carbons (Fsp3) is 0.118. The molecular weight excluding hydrogens is 329 g/mol. The third kappa shape index (κ3) is 3.14. The summed E-state index contributed by atoms with van der Waals surface area (Å²) in [6.07, 6.45) is 2.96. The molecule has 0 radical (unpaired) electrons. The first-order chi connectivity index (χ1) is 12.0. The summed E-state index contributed by atoms with van der Waals surface area (Å²) in [6, 6.07) is 6.97. The quantitative estimate of drug-likeness (QED) is 0.736. The molecule has 0 saturated heterocycles. The monoisotopic (exact) mass is 343 g/mol. The molecule has 0 bridgehead atoms. The van der Waals surface area contributed by atoms with Crippen LogP contribution in [0.1, 0.15) is 20.8 Å². The zero-order valence-electron chi connectivity index (χ0n) is 13.4. The number of rotatable bonds is 4. The number of carbonyl (C=O) groups excluding carboxylic acids is 2. The molecule has 7 nitrogen and oxygen atoms in total. The summed E-state index contributed by atoms with van der Waals surface area (Å²) < 4.78 is 25.2. The van der Waals surface area contributed by atoms with Crippen molar-refractivity contribution in [2.45, 2.75) is 0 Å². The minimum Gasteiger partial charge on any atom is -0.495 e. The first-order valence-electron chi connectivity index (χ1n) is 7.24. The number of halogens is 1. The Morgan fingerprint density at radius 1 is 1.20 bits per heavy atom. The number of nitrogens with zero attached hydrogens (tertiary/aromatic N) is 2. The van der Waals surface area contributed by atoms with Crippen molar-refractivity contribution in [1.29, 1.82) is 0 Å². The maximum atomic E-state index is 14.0. The Bertz CT molecular complexity index is 968. The number of hydrogen-bond acceptors (Lipinski definition) is 5. The summed E-state index contributed by atoms with van der Waals surface area (Å²) in [5.41, 5.74) is 0.719. The van der Waals surface area contributed by atoms with Crippen molar-refractivity contribution < 1.29 is 23.5 Å². The van der Waals surface area contributed by atoms with Gasteiger partial charge in [-0.15, -0.1) is 0 Å². The third-order valence-corrected chi connectivity index (χ3v) is 3.58. The highest BCUT2D eigenvalue weighted by molar-refractivity contribution is 6.04. The van der Waals surface area contributed by atoms with Gasteiger partial charge < -0.3 is 14.8 Å². The number of aromatic nitrogens is 2. The highest BCUT2D eigenvalue weighted by Gasteiger charge is 2.16. The first kappa shape index (κ1) is 16.4. The van der Waals surface area contributed by atoms with Crippen LogP contribution >= 0.6 is 0 Å². The van der Waals surface area contributed by atoms with Crippen molar-refractivity contribution in [3.05, 3.63) is 59.8 Å². The molecule has 3 aromatic rings. The number of amides is 1. The van der Waals surface area contributed by atoms with E-state index in [1.807, 2.05) is 0 Å². The number of nitrogens with one attached hydrogen (secondary N) is 1. The van der Waals surface area contributed by atoms with Gasteiger partial charge in [0.15, 0.2) is 0 Å². The van der Waals surface area contributed by atoms with E-state index in [2.05, 4.69) is 15.0 Å². The van der Waals surface area contributed by atoms with Crippen molar-refractivity contribution >= 4 is 23.2 Å². The Morgan fingerprint density at radius 3 is 2.72 bits per heavy atom. The van der Waals surface area contributed by atoms with Gasteiger partial charge in [-0.05, 0) is 30.3 Å². The molecule has 1 aromatic carbocycles. The lowest BCUT2D eigenvalue weighted by atomic mass is 10.2. The Morgan fingerprint density at radius 2 is 2.00 bits per heavy atom. The van der Waals surface area contributed by atoms with Crippen LogP contribution in [0.15, 0.2) is 42.7 Å². The van der Waals surface area contributed by atoms with Crippen LogP contribution in [0.25, 0.3) is 5.65 Å². The number of ether oxygens (including phenoxy) is 2. The second-order valence-electron chi connectivity index (χ2n) is 5.08. The van der Waals surface area contributed by atoms with Gasteiger partial charge in [0.05, 0.1) is 37.9 Å². The normalized spacial score (nSPS) is 10.5. The summed E-state index contributed by atoms with van der Waals surface area (Å²) in [6.45, 7) is 0. The zero-order chi connectivity index (χ0) is 18.0. The van der Waals surface area contributed by atoms with Crippen molar-refractivity contribution in [1.82, 2.24) is 9.38 Å². The Kier molecular flexibility index (Phi) is 4.34. The van der Waals surface area contributed by atoms with Crippen LogP contribution in [0, 0.1) is 5.82 Å². The minimum absolute atomic E-state index is 0.124. The SMILES string of the molecule is COC(=O)c1ccc(F)c(NC(=O)c2cnc3ccc(OC)cn23)c1. The zero-order valence-corrected chi connectivity index (χ0v) is 13.4. The van der Waals surface area contributed by atoms with Gasteiger partial charge in [-0.3, -0.25) is 9.20 Å². The molecule has 0 aliphatic carbocycles. The van der Waals surface area contributed by atoms with Crippen molar-refractivity contribution in [3.63, 3.8) is 0 Å². The van der Waals surface area contributed by atoms with E-state index < -0.39 is 17.7 Å². The van der Waals surface area contributed by atoms with E-state index in [9.17, 15) is 14.0 Å². The highest BCUT2D eigenvalue weighted by Crippen LogP contribution is 2.19. The second kappa shape index (κ2) is 6.60. The van der Waals surface area contributed by atoms with Crippen LogP contribution in [-0.2, 0) is 4.74 Å². The second-order valence-corrected chi connectivity index (χ2v) is 5.08. The number of pyridine rings is 1. The predicted molar refractivity (Wildman–Crippen MR) is 87.4 cm³/mol. The molecule has 0 atom stereocenters. The average molecular weight is 343 g/mol. The summed E-state index contributed by atoms with van der Waals surface area (Å²) in [7, 11) is 2.72. The molecule has 0 unspecified atom stereocenters. The van der Waals surface area contributed by atoms with E-state index in [0.717, 1.165) is 6.07 Å². The van der Waals surface area contributed by atoms with Gasteiger partial charge in [0.1, 0.15) is 22.9 Å². The van der Waals surface area contributed by atoms with Crippen LogP contribution in [0.5, 0.6) is 5.75 Å². The van der Waals surface area contributed by atoms with E-state index in [1.165, 1.54) is 36.9 Å². The van der Waals surface area contributed by atoms with Gasteiger partial charge in [-0.1, -0.05) is 0 Å². The molecule has 2 aromatic heterocycles. The molecule has 128 valence electrons. The lowest BCUT2D eigenvalue weighted by Gasteiger charge is -2.08. The Labute approximate surface area is 142 Å². The first-order valence-corrected chi connectivity index (χ1v) is 7.24. The molecule has 0 fully saturated rings. The van der Waals surface area contributed by atoms with Gasteiger partial charge in [0.2, 0.25) is 0 Å². The number of esters is 1. The molecular formula is C17H14FN3O4. The predicted octanol–water partition coefficient (Wildman–Crippen LogP) is 2.52. The minimum atomic E-state index is -0.674. The molecule has 0 aliphatic heterocycles. The van der Waals surface area contributed by atoms with Crippen LogP contribution in [0.3, 0.4) is 0 Å². The lowest BCUT2D eigenvalue weighted by Crippen LogP contribution is -2.16. The Balaban J connectivity index is 1.94. The molecule has 0 aliphatic rings. The number of methoxy groups -OCH3 is 2. The van der Waals surface area contributed by atoms with E-state index in [4.69, 9.17) is 4.74 Å². The molecule has 0 spiro atoms. The number of carbonyl (C=O) groups is 2. The van der Waals surface area contributed by atoms with E-state index in [0.29, 0.717) is 11.4 Å². The maximum Gasteiger partial charge on any atom is 0.337 e. The van der Waals surface area contributed by atoms with E-state index in [1.54, 1.807) is 18.3 Å². The molecule has 0 saturated carbocycles. The van der Waals surface area contributed by atoms with Gasteiger partial charge in [-0.2, -0.15) is 0 Å². The number of imidazole rings is 1. The van der Waals surface area contributed by atoms with Crippen LogP contribution in [-0.4, -0.2) is 35.5 Å². The van der Waals surface area contributed by atoms with Crippen LogP contribution in [0.2, 0.25) is 0 Å². The number of anilines is 1. The van der Waals surface area contributed by atoms with Crippen molar-refractivity contribution in [3.8, 4) is 5.75 Å². The van der Waals surface area contributed by atoms with E-state index in [-0.39, 0.29) is 16.9 Å². The van der Waals surface area contributed by atoms with E-state index >= 15 is 0 Å². The Hall–Kier alpha value is -3.42. The molecule has 1 N–H and O–H groups in total. The highest BCUT2D eigenvalue weighted by atomic mass is 19.1. The molecule has 3 rings (SSSR count). The topological polar surface area (TPSA) is 81.9 Å². The fourth-order valence-electron chi connectivity index (χ4n) is 2.30. The van der Waals surface area contributed by atoms with Gasteiger partial charge in [0, 0.05) is 0 Å². The lowest BCUT2D eigenvalue weighted by molar-refractivity contribution is 0.0600. The van der Waals surface area contributed by atoms with Crippen molar-refractivity contribution in [2.75, 3.05) is 19.5 Å². The number of fused-ring (bicyclic) bond motifs is 1. The smallest absolute Gasteiger partial charge is 0.337 e. The summed E-state index contributed by atoms with van der Waals surface area (Å²) in [4.78, 5) is 28.2. The average Bonchev–Trinajstić information content (AvgIpc) is 3.05.